The standard InChI is InChI=1S/C39H24N4O/c1-3-11-25(12-4-1)37-40-38(42-39(41-37)27-20-22-36-32(24-27)30-16-8-10-18-35(30)44-36)26-19-21-34-31(23-26)29-15-7-9-17-33(29)43(34)28-13-5-2-6-14-28/h1-24H/i2D,5D,6D,7D,9D,13D,14D,15D,17D,19D,21D,23D. The molecular weight excluding hydrogens is 540 g/mol. The summed E-state index contributed by atoms with van der Waals surface area (Å²) < 4.78 is 113. The van der Waals surface area contributed by atoms with Crippen molar-refractivity contribution in [2.45, 2.75) is 0 Å². The molecule has 3 aromatic heterocycles. The molecule has 0 N–H and O–H groups in total. The van der Waals surface area contributed by atoms with Gasteiger partial charge < -0.3 is 8.98 Å². The predicted octanol–water partition coefficient (Wildman–Crippen LogP) is 9.87. The molecule has 9 aromatic rings. The first-order chi connectivity index (χ1) is 26.8. The topological polar surface area (TPSA) is 56.7 Å². The molecule has 6 aromatic carbocycles. The van der Waals surface area contributed by atoms with Gasteiger partial charge >= 0.3 is 0 Å². The van der Waals surface area contributed by atoms with Gasteiger partial charge in [-0.05, 0) is 60.5 Å². The van der Waals surface area contributed by atoms with E-state index in [1.54, 1.807) is 36.4 Å². The second-order valence-electron chi connectivity index (χ2n) is 9.99. The van der Waals surface area contributed by atoms with E-state index in [1.165, 1.54) is 0 Å². The van der Waals surface area contributed by atoms with Gasteiger partial charge in [-0.2, -0.15) is 0 Å². The molecule has 0 aliphatic heterocycles. The molecule has 5 heteroatoms. The van der Waals surface area contributed by atoms with Crippen molar-refractivity contribution in [3.8, 4) is 39.9 Å². The number of nitrogens with zero attached hydrogens (tertiary/aromatic N) is 4. The van der Waals surface area contributed by atoms with Gasteiger partial charge in [0, 0.05) is 43.9 Å². The molecule has 0 amide bonds. The number of benzene rings is 6. The van der Waals surface area contributed by atoms with E-state index in [1.807, 2.05) is 36.4 Å². The van der Waals surface area contributed by atoms with Crippen LogP contribution in [0, 0.1) is 0 Å². The molecule has 9 rings (SSSR count). The minimum atomic E-state index is -0.718. The smallest absolute Gasteiger partial charge is 0.164 e. The van der Waals surface area contributed by atoms with Crippen molar-refractivity contribution in [2.75, 3.05) is 0 Å². The molecule has 44 heavy (non-hydrogen) atoms. The first-order valence-corrected chi connectivity index (χ1v) is 13.6. The Balaban J connectivity index is 1.41. The van der Waals surface area contributed by atoms with Gasteiger partial charge in [-0.3, -0.25) is 0 Å². The normalized spacial score (nSPS) is 15.5. The monoisotopic (exact) mass is 576 g/mol. The van der Waals surface area contributed by atoms with Crippen LogP contribution in [0.4, 0.5) is 0 Å². The summed E-state index contributed by atoms with van der Waals surface area (Å²) in [6.45, 7) is 0. The van der Waals surface area contributed by atoms with Crippen molar-refractivity contribution in [1.29, 1.82) is 0 Å². The highest BCUT2D eigenvalue weighted by molar-refractivity contribution is 6.10. The van der Waals surface area contributed by atoms with E-state index in [4.69, 9.17) is 31.7 Å². The lowest BCUT2D eigenvalue weighted by Gasteiger charge is -2.10. The Bertz CT molecular complexity index is 3150. The summed E-state index contributed by atoms with van der Waals surface area (Å²) in [5.41, 5.74) is 1.08. The predicted molar refractivity (Wildman–Crippen MR) is 178 cm³/mol. The largest absolute Gasteiger partial charge is 0.456 e. The van der Waals surface area contributed by atoms with Crippen LogP contribution in [0.3, 0.4) is 0 Å². The summed E-state index contributed by atoms with van der Waals surface area (Å²) in [7, 11) is 0. The van der Waals surface area contributed by atoms with Crippen LogP contribution >= 0.6 is 0 Å². The first-order valence-electron chi connectivity index (χ1n) is 19.6. The van der Waals surface area contributed by atoms with Crippen LogP contribution in [-0.2, 0) is 0 Å². The Morgan fingerprint density at radius 2 is 1.18 bits per heavy atom. The van der Waals surface area contributed by atoms with Gasteiger partial charge in [-0.25, -0.2) is 15.0 Å². The van der Waals surface area contributed by atoms with Crippen LogP contribution in [0.1, 0.15) is 16.4 Å². The van der Waals surface area contributed by atoms with Gasteiger partial charge in [0.15, 0.2) is 17.5 Å². The highest BCUT2D eigenvalue weighted by Gasteiger charge is 2.17. The summed E-state index contributed by atoms with van der Waals surface area (Å²) in [5.74, 6) is 0.201. The van der Waals surface area contributed by atoms with E-state index in [2.05, 4.69) is 0 Å². The number of hydrogen-bond donors (Lipinski definition) is 0. The fraction of sp³-hybridized carbons (Fsp3) is 0. The van der Waals surface area contributed by atoms with Crippen LogP contribution < -0.4 is 0 Å². The summed E-state index contributed by atoms with van der Waals surface area (Å²) >= 11 is 0. The second kappa shape index (κ2) is 9.75. The summed E-state index contributed by atoms with van der Waals surface area (Å²) in [6.07, 6.45) is 0. The molecule has 0 saturated heterocycles. The van der Waals surface area contributed by atoms with Gasteiger partial charge in [0.05, 0.1) is 27.5 Å². The third-order valence-corrected chi connectivity index (χ3v) is 7.39. The van der Waals surface area contributed by atoms with Crippen LogP contribution in [0.2, 0.25) is 0 Å². The van der Waals surface area contributed by atoms with Crippen molar-refractivity contribution in [2.24, 2.45) is 0 Å². The molecule has 0 saturated carbocycles. The molecule has 0 aliphatic rings. The Labute approximate surface area is 269 Å². The van der Waals surface area contributed by atoms with E-state index in [-0.39, 0.29) is 44.8 Å². The van der Waals surface area contributed by atoms with E-state index in [0.29, 0.717) is 22.3 Å². The van der Waals surface area contributed by atoms with Crippen molar-refractivity contribution in [3.63, 3.8) is 0 Å². The quantitative estimate of drug-likeness (QED) is 0.209. The van der Waals surface area contributed by atoms with Gasteiger partial charge in [0.1, 0.15) is 11.2 Å². The Morgan fingerprint density at radius 3 is 2.05 bits per heavy atom. The minimum Gasteiger partial charge on any atom is -0.456 e. The van der Waals surface area contributed by atoms with Gasteiger partial charge in [-0.1, -0.05) is 84.8 Å². The lowest BCUT2D eigenvalue weighted by Crippen LogP contribution is -2.00. The molecule has 5 nitrogen and oxygen atoms in total. The molecule has 3 heterocycles. The summed E-state index contributed by atoms with van der Waals surface area (Å²) in [5, 5.41) is 1.21. The van der Waals surface area contributed by atoms with Gasteiger partial charge in [0.25, 0.3) is 0 Å². The molecule has 0 fully saturated rings. The zero-order valence-electron chi connectivity index (χ0n) is 34.6. The summed E-state index contributed by atoms with van der Waals surface area (Å²) in [4.78, 5) is 14.2. The van der Waals surface area contributed by atoms with E-state index < -0.39 is 78.2 Å². The van der Waals surface area contributed by atoms with Crippen molar-refractivity contribution < 1.29 is 20.9 Å². The van der Waals surface area contributed by atoms with Gasteiger partial charge in [0.2, 0.25) is 0 Å². The van der Waals surface area contributed by atoms with E-state index in [9.17, 15) is 4.11 Å². The average Bonchev–Trinajstić information content (AvgIpc) is 3.77. The third kappa shape index (κ3) is 3.91. The molecule has 0 spiro atoms. The zero-order valence-corrected chi connectivity index (χ0v) is 22.6. The van der Waals surface area contributed by atoms with Crippen LogP contribution in [0.25, 0.3) is 83.6 Å². The number of para-hydroxylation sites is 3. The number of hydrogen-bond acceptors (Lipinski definition) is 4. The fourth-order valence-corrected chi connectivity index (χ4v) is 5.40. The fourth-order valence-electron chi connectivity index (χ4n) is 5.40. The zero-order chi connectivity index (χ0) is 39.5. The second-order valence-corrected chi connectivity index (χ2v) is 9.99. The Hall–Kier alpha value is -6.07. The van der Waals surface area contributed by atoms with Crippen molar-refractivity contribution >= 4 is 43.7 Å². The first kappa shape index (κ1) is 15.4. The summed E-state index contributed by atoms with van der Waals surface area (Å²) in [6, 6.07) is 14.2. The van der Waals surface area contributed by atoms with Crippen molar-refractivity contribution in [1.82, 2.24) is 19.5 Å². The number of fused-ring (bicyclic) bond motifs is 6. The number of rotatable bonds is 4. The highest BCUT2D eigenvalue weighted by Crippen LogP contribution is 2.36. The molecule has 0 radical (unpaired) electrons. The Morgan fingerprint density at radius 1 is 0.500 bits per heavy atom. The molecule has 0 aliphatic carbocycles. The number of aromatic nitrogens is 4. The SMILES string of the molecule is [2H]c1c([2H])c([2H])c(-n2c3c([2H])c([2H])c([2H])c([2H])c3c3c([2H])c(-c4nc(-c5ccccc5)nc(-c5ccc6oc7ccccc7c6c5)n4)c([2H])c([2H])c32)c([2H])c1[2H]. The van der Waals surface area contributed by atoms with E-state index >= 15 is 0 Å². The van der Waals surface area contributed by atoms with E-state index in [0.717, 1.165) is 15.3 Å². The number of furan rings is 1. The van der Waals surface area contributed by atoms with Crippen LogP contribution in [0.15, 0.2) is 150 Å². The maximum Gasteiger partial charge on any atom is 0.164 e. The molecule has 0 bridgehead atoms. The molecular formula is C39H24N4O. The van der Waals surface area contributed by atoms with Gasteiger partial charge in [-0.15, -0.1) is 0 Å². The Kier molecular flexibility index (Phi) is 3.42. The molecule has 0 unspecified atom stereocenters. The molecule has 0 atom stereocenters. The maximum absolute atomic E-state index is 9.64. The average molecular weight is 577 g/mol. The van der Waals surface area contributed by atoms with Crippen LogP contribution in [0.5, 0.6) is 0 Å². The highest BCUT2D eigenvalue weighted by atomic mass is 16.3. The minimum absolute atomic E-state index is 0.166. The third-order valence-electron chi connectivity index (χ3n) is 7.39. The maximum atomic E-state index is 9.64. The lowest BCUT2D eigenvalue weighted by molar-refractivity contribution is 0.669. The lowest BCUT2D eigenvalue weighted by atomic mass is 10.1. The van der Waals surface area contributed by atoms with Crippen molar-refractivity contribution in [3.05, 3.63) is 145 Å². The van der Waals surface area contributed by atoms with Crippen LogP contribution in [-0.4, -0.2) is 19.5 Å². The molecule has 206 valence electrons.